The molecule has 0 unspecified atom stereocenters. The van der Waals surface area contributed by atoms with Crippen molar-refractivity contribution in [1.29, 1.82) is 0 Å². The molecule has 1 aromatic rings. The van der Waals surface area contributed by atoms with Crippen molar-refractivity contribution in [3.8, 4) is 0 Å². The van der Waals surface area contributed by atoms with Crippen LogP contribution >= 0.6 is 0 Å². The van der Waals surface area contributed by atoms with E-state index >= 15 is 0 Å². The third kappa shape index (κ3) is 4.00. The maximum absolute atomic E-state index is 12.4. The molecule has 0 saturated carbocycles. The smallest absolute Gasteiger partial charge is 0.239 e. The van der Waals surface area contributed by atoms with Gasteiger partial charge in [-0.2, -0.15) is 4.98 Å². The average Bonchev–Trinajstić information content (AvgIpc) is 3.14. The second-order valence-corrected chi connectivity index (χ2v) is 7.18. The summed E-state index contributed by atoms with van der Waals surface area (Å²) in [6, 6.07) is 1.86. The van der Waals surface area contributed by atoms with Gasteiger partial charge in [0.05, 0.1) is 12.6 Å². The van der Waals surface area contributed by atoms with Crippen LogP contribution in [-0.4, -0.2) is 58.9 Å². The van der Waals surface area contributed by atoms with Gasteiger partial charge in [0.1, 0.15) is 5.82 Å². The highest BCUT2D eigenvalue weighted by Gasteiger charge is 2.36. The molecule has 0 aromatic carbocycles. The van der Waals surface area contributed by atoms with Gasteiger partial charge in [0, 0.05) is 38.2 Å². The molecular weight excluding hydrogens is 320 g/mol. The Morgan fingerprint density at radius 3 is 2.88 bits per heavy atom. The SMILES string of the molecule is CC(C)[C@@H]1CN(c2ccnc(N)n2)C[C@H]1NC(=O)CN1CCCC1=O. The van der Waals surface area contributed by atoms with E-state index in [2.05, 4.69) is 34.0 Å². The Hall–Kier alpha value is -2.38. The second-order valence-electron chi connectivity index (χ2n) is 7.18. The van der Waals surface area contributed by atoms with Gasteiger partial charge in [0.15, 0.2) is 0 Å². The summed E-state index contributed by atoms with van der Waals surface area (Å²) in [6.07, 6.45) is 3.04. The molecule has 3 heterocycles. The number of nitrogens with one attached hydrogen (secondary N) is 1. The van der Waals surface area contributed by atoms with Crippen LogP contribution in [0.1, 0.15) is 26.7 Å². The molecule has 2 fully saturated rings. The highest BCUT2D eigenvalue weighted by atomic mass is 16.2. The van der Waals surface area contributed by atoms with Gasteiger partial charge in [0.2, 0.25) is 17.8 Å². The van der Waals surface area contributed by atoms with Crippen molar-refractivity contribution in [2.75, 3.05) is 36.8 Å². The molecule has 0 bridgehead atoms. The minimum atomic E-state index is -0.0880. The second kappa shape index (κ2) is 7.25. The summed E-state index contributed by atoms with van der Waals surface area (Å²) >= 11 is 0. The van der Waals surface area contributed by atoms with E-state index in [1.807, 2.05) is 6.07 Å². The molecule has 3 rings (SSSR count). The van der Waals surface area contributed by atoms with Gasteiger partial charge < -0.3 is 20.9 Å². The summed E-state index contributed by atoms with van der Waals surface area (Å²) in [5.74, 6) is 1.75. The van der Waals surface area contributed by atoms with Gasteiger partial charge in [-0.3, -0.25) is 9.59 Å². The van der Waals surface area contributed by atoms with Crippen molar-refractivity contribution >= 4 is 23.6 Å². The fraction of sp³-hybridized carbons (Fsp3) is 0.647. The quantitative estimate of drug-likeness (QED) is 0.792. The summed E-state index contributed by atoms with van der Waals surface area (Å²) in [5.41, 5.74) is 5.68. The van der Waals surface area contributed by atoms with E-state index in [9.17, 15) is 9.59 Å². The number of carbonyl (C=O) groups is 2. The Morgan fingerprint density at radius 2 is 2.24 bits per heavy atom. The number of nitrogen functional groups attached to an aromatic ring is 1. The van der Waals surface area contributed by atoms with Crippen LogP contribution in [0.25, 0.3) is 0 Å². The standard InChI is InChI=1S/C17H26N6O2/c1-11(2)12-8-23(14-5-6-19-17(18)21-14)9-13(12)20-15(24)10-22-7-3-4-16(22)25/h5-6,11-13H,3-4,7-10H2,1-2H3,(H,20,24)(H2,18,19,21)/t12-,13+/m0/s1. The molecule has 2 amide bonds. The average molecular weight is 346 g/mol. The molecule has 25 heavy (non-hydrogen) atoms. The predicted molar refractivity (Wildman–Crippen MR) is 94.7 cm³/mol. The van der Waals surface area contributed by atoms with Gasteiger partial charge in [-0.1, -0.05) is 13.8 Å². The van der Waals surface area contributed by atoms with Gasteiger partial charge in [-0.25, -0.2) is 4.98 Å². The summed E-state index contributed by atoms with van der Waals surface area (Å²) in [6.45, 7) is 6.63. The maximum atomic E-state index is 12.4. The van der Waals surface area contributed by atoms with E-state index in [0.29, 0.717) is 31.3 Å². The number of amides is 2. The molecule has 8 heteroatoms. The Labute approximate surface area is 147 Å². The molecule has 3 N–H and O–H groups in total. The number of anilines is 2. The predicted octanol–water partition coefficient (Wildman–Crippen LogP) is 0.258. The van der Waals surface area contributed by atoms with Crippen molar-refractivity contribution < 1.29 is 9.59 Å². The van der Waals surface area contributed by atoms with Crippen LogP contribution in [-0.2, 0) is 9.59 Å². The Balaban J connectivity index is 1.64. The normalized spacial score (nSPS) is 23.6. The maximum Gasteiger partial charge on any atom is 0.239 e. The monoisotopic (exact) mass is 346 g/mol. The van der Waals surface area contributed by atoms with Crippen molar-refractivity contribution in [1.82, 2.24) is 20.2 Å². The first-order valence-corrected chi connectivity index (χ1v) is 8.84. The first-order valence-electron chi connectivity index (χ1n) is 8.84. The lowest BCUT2D eigenvalue weighted by Gasteiger charge is -2.24. The van der Waals surface area contributed by atoms with Crippen LogP contribution < -0.4 is 16.0 Å². The minimum Gasteiger partial charge on any atom is -0.368 e. The van der Waals surface area contributed by atoms with E-state index < -0.39 is 0 Å². The molecule has 2 aliphatic rings. The van der Waals surface area contributed by atoms with Crippen molar-refractivity contribution in [2.24, 2.45) is 11.8 Å². The first kappa shape index (κ1) is 17.4. The highest BCUT2D eigenvalue weighted by molar-refractivity contribution is 5.86. The first-order chi connectivity index (χ1) is 11.9. The van der Waals surface area contributed by atoms with E-state index in [-0.39, 0.29) is 30.3 Å². The number of aromatic nitrogens is 2. The van der Waals surface area contributed by atoms with Crippen molar-refractivity contribution in [2.45, 2.75) is 32.7 Å². The number of rotatable bonds is 5. The summed E-state index contributed by atoms with van der Waals surface area (Å²) in [4.78, 5) is 36.1. The van der Waals surface area contributed by atoms with E-state index in [1.54, 1.807) is 11.1 Å². The lowest BCUT2D eigenvalue weighted by Crippen LogP contribution is -2.46. The largest absolute Gasteiger partial charge is 0.368 e. The Bertz CT molecular complexity index is 650. The third-order valence-electron chi connectivity index (χ3n) is 5.06. The molecule has 2 atom stereocenters. The molecule has 2 saturated heterocycles. The zero-order valence-electron chi connectivity index (χ0n) is 14.8. The molecular formula is C17H26N6O2. The number of carbonyl (C=O) groups excluding carboxylic acids is 2. The minimum absolute atomic E-state index is 0.0291. The van der Waals surface area contributed by atoms with Gasteiger partial charge >= 0.3 is 0 Å². The molecule has 136 valence electrons. The van der Waals surface area contributed by atoms with Crippen LogP contribution in [0.2, 0.25) is 0 Å². The number of hydrogen-bond acceptors (Lipinski definition) is 6. The van der Waals surface area contributed by atoms with Crippen molar-refractivity contribution in [3.05, 3.63) is 12.3 Å². The molecule has 0 spiro atoms. The number of nitrogens with zero attached hydrogens (tertiary/aromatic N) is 4. The summed E-state index contributed by atoms with van der Waals surface area (Å²) in [7, 11) is 0. The summed E-state index contributed by atoms with van der Waals surface area (Å²) in [5, 5.41) is 3.12. The molecule has 1 aromatic heterocycles. The molecule has 0 aliphatic carbocycles. The zero-order chi connectivity index (χ0) is 18.0. The van der Waals surface area contributed by atoms with E-state index in [1.165, 1.54) is 0 Å². The lowest BCUT2D eigenvalue weighted by molar-refractivity contribution is -0.133. The molecule has 8 nitrogen and oxygen atoms in total. The van der Waals surface area contributed by atoms with Crippen LogP contribution in [0, 0.1) is 11.8 Å². The fourth-order valence-corrected chi connectivity index (χ4v) is 3.68. The number of nitrogens with two attached hydrogens (primary N) is 1. The Kier molecular flexibility index (Phi) is 5.06. The lowest BCUT2D eigenvalue weighted by atomic mass is 9.91. The molecule has 2 aliphatic heterocycles. The number of hydrogen-bond donors (Lipinski definition) is 2. The van der Waals surface area contributed by atoms with E-state index in [0.717, 1.165) is 18.8 Å². The fourth-order valence-electron chi connectivity index (χ4n) is 3.68. The summed E-state index contributed by atoms with van der Waals surface area (Å²) < 4.78 is 0. The van der Waals surface area contributed by atoms with Crippen LogP contribution in [0.3, 0.4) is 0 Å². The highest BCUT2D eigenvalue weighted by Crippen LogP contribution is 2.28. The topological polar surface area (TPSA) is 104 Å². The third-order valence-corrected chi connectivity index (χ3v) is 5.06. The van der Waals surface area contributed by atoms with Gasteiger partial charge in [-0.15, -0.1) is 0 Å². The zero-order valence-corrected chi connectivity index (χ0v) is 14.8. The van der Waals surface area contributed by atoms with Crippen LogP contribution in [0.4, 0.5) is 11.8 Å². The van der Waals surface area contributed by atoms with E-state index in [4.69, 9.17) is 5.73 Å². The molecule has 0 radical (unpaired) electrons. The number of likely N-dealkylation sites (tertiary alicyclic amines) is 1. The van der Waals surface area contributed by atoms with Crippen molar-refractivity contribution in [3.63, 3.8) is 0 Å². The van der Waals surface area contributed by atoms with Crippen LogP contribution in [0.5, 0.6) is 0 Å². The van der Waals surface area contributed by atoms with Crippen LogP contribution in [0.15, 0.2) is 12.3 Å². The van der Waals surface area contributed by atoms with Gasteiger partial charge in [0.25, 0.3) is 0 Å². The Morgan fingerprint density at radius 1 is 1.44 bits per heavy atom. The van der Waals surface area contributed by atoms with Gasteiger partial charge in [-0.05, 0) is 18.4 Å².